The fraction of sp³-hybridized carbons (Fsp3) is 0. The monoisotopic (exact) mass is 406 g/mol. The molecule has 2 heterocycles. The van der Waals surface area contributed by atoms with Crippen molar-refractivity contribution in [1.29, 1.82) is 0 Å². The van der Waals surface area contributed by atoms with Crippen LogP contribution in [-0.2, 0) is 27.4 Å². The van der Waals surface area contributed by atoms with Crippen LogP contribution >= 0.6 is 0 Å². The number of hydrogen-bond donors (Lipinski definition) is 4. The number of hydrogen-bond acceptors (Lipinski definition) is 8. The summed E-state index contributed by atoms with van der Waals surface area (Å²) in [7, 11) is 0. The third kappa shape index (κ3) is 7.69. The number of rotatable bonds is 4. The summed E-state index contributed by atoms with van der Waals surface area (Å²) in [6, 6.07) is 1.77. The van der Waals surface area contributed by atoms with E-state index in [4.69, 9.17) is 10.2 Å². The number of carboxylic acids is 4. The van der Waals surface area contributed by atoms with Crippen LogP contribution in [-0.4, -0.2) is 54.5 Å². The molecule has 0 aliphatic carbocycles. The van der Waals surface area contributed by atoms with Gasteiger partial charge in [0.15, 0.2) is 11.4 Å². The maximum absolute atomic E-state index is 10.1. The second kappa shape index (κ2) is 11.3. The van der Waals surface area contributed by atoms with E-state index in [1.165, 1.54) is 0 Å². The summed E-state index contributed by atoms with van der Waals surface area (Å²) in [4.78, 5) is 40.4. The van der Waals surface area contributed by atoms with Crippen LogP contribution in [0.3, 0.4) is 0 Å². The van der Waals surface area contributed by atoms with Crippen molar-refractivity contribution in [1.82, 2.24) is 20.4 Å². The number of carbonyl (C=O) groups excluding carboxylic acids is 2. The van der Waals surface area contributed by atoms with Gasteiger partial charge in [-0.2, -0.15) is 10.2 Å². The van der Waals surface area contributed by atoms with E-state index in [-0.39, 0.29) is 50.2 Å². The molecular formula is C10H12N4NiO10. The van der Waals surface area contributed by atoms with Gasteiger partial charge < -0.3 is 41.0 Å². The van der Waals surface area contributed by atoms with Crippen molar-refractivity contribution >= 4 is 23.9 Å². The standard InChI is InChI=1S/2C5H4N2O4.Ni.2H2O/c2*8-4(9)2-1-3(5(10)11)7-6-2;;;/h2*1H,(H,6,7)(H,8,9)(H,10,11);;2*1H2. The molecule has 0 atom stereocenters. The van der Waals surface area contributed by atoms with Crippen LogP contribution in [0.1, 0.15) is 42.0 Å². The van der Waals surface area contributed by atoms with Gasteiger partial charge in [-0.1, -0.05) is 0 Å². The van der Waals surface area contributed by atoms with Gasteiger partial charge in [0.05, 0.1) is 23.3 Å². The average Bonchev–Trinajstić information content (AvgIpc) is 3.09. The molecule has 15 heteroatoms. The molecule has 0 aromatic carbocycles. The molecule has 0 spiro atoms. The average molecular weight is 407 g/mol. The summed E-state index contributed by atoms with van der Waals surface area (Å²) in [6.45, 7) is 0. The van der Waals surface area contributed by atoms with Gasteiger partial charge in [-0.3, -0.25) is 10.2 Å². The van der Waals surface area contributed by atoms with Crippen LogP contribution < -0.4 is 10.2 Å². The maximum atomic E-state index is 10.1. The van der Waals surface area contributed by atoms with E-state index in [1.54, 1.807) is 0 Å². The second-order valence-electron chi connectivity index (χ2n) is 3.52. The Morgan fingerprint density at radius 1 is 0.800 bits per heavy atom. The van der Waals surface area contributed by atoms with Gasteiger partial charge in [-0.05, 0) is 12.1 Å². The number of carbonyl (C=O) groups is 4. The molecule has 2 rings (SSSR count). The molecule has 2 aromatic rings. The Morgan fingerprint density at radius 3 is 1.20 bits per heavy atom. The van der Waals surface area contributed by atoms with Crippen molar-refractivity contribution in [2.24, 2.45) is 0 Å². The number of carboxylic acid groups (broad SMARTS) is 4. The van der Waals surface area contributed by atoms with E-state index in [9.17, 15) is 29.4 Å². The predicted molar refractivity (Wildman–Crippen MR) is 69.5 cm³/mol. The number of aromatic amines is 2. The molecule has 25 heavy (non-hydrogen) atoms. The first-order valence-electron chi connectivity index (χ1n) is 5.22. The van der Waals surface area contributed by atoms with Crippen LogP contribution in [0.5, 0.6) is 0 Å². The molecular weight excluding hydrogens is 395 g/mol. The smallest absolute Gasteiger partial charge is 0.356 e. The Kier molecular flexibility index (Phi) is 12.0. The van der Waals surface area contributed by atoms with Crippen molar-refractivity contribution in [2.75, 3.05) is 0 Å². The summed E-state index contributed by atoms with van der Waals surface area (Å²) >= 11 is 0. The van der Waals surface area contributed by atoms with Gasteiger partial charge in [0.1, 0.15) is 0 Å². The van der Waals surface area contributed by atoms with Crippen molar-refractivity contribution < 1.29 is 67.0 Å². The van der Waals surface area contributed by atoms with Gasteiger partial charge >= 0.3 is 11.9 Å². The minimum absolute atomic E-state index is 0. The van der Waals surface area contributed by atoms with Gasteiger partial charge in [-0.15, -0.1) is 0 Å². The zero-order valence-electron chi connectivity index (χ0n) is 11.9. The van der Waals surface area contributed by atoms with Gasteiger partial charge in [0.2, 0.25) is 0 Å². The summed E-state index contributed by atoms with van der Waals surface area (Å²) in [5.74, 6) is -5.53. The molecule has 0 bridgehead atoms. The third-order valence-electron chi connectivity index (χ3n) is 2.03. The second-order valence-corrected chi connectivity index (χ2v) is 3.52. The molecule has 0 unspecified atom stereocenters. The third-order valence-corrected chi connectivity index (χ3v) is 2.03. The topological polar surface area (TPSA) is 278 Å². The Morgan fingerprint density at radius 2 is 1.08 bits per heavy atom. The summed E-state index contributed by atoms with van der Waals surface area (Å²) in [6.07, 6.45) is 0. The first kappa shape index (κ1) is 26.6. The van der Waals surface area contributed by atoms with E-state index < -0.39 is 23.9 Å². The van der Waals surface area contributed by atoms with Crippen LogP contribution in [0.15, 0.2) is 12.1 Å². The molecule has 14 nitrogen and oxygen atoms in total. The van der Waals surface area contributed by atoms with Crippen molar-refractivity contribution in [3.05, 3.63) is 34.9 Å². The fourth-order valence-corrected chi connectivity index (χ4v) is 1.07. The number of aromatic nitrogens is 4. The van der Waals surface area contributed by atoms with E-state index >= 15 is 0 Å². The van der Waals surface area contributed by atoms with E-state index in [0.29, 0.717) is 0 Å². The van der Waals surface area contributed by atoms with Crippen molar-refractivity contribution in [3.63, 3.8) is 0 Å². The van der Waals surface area contributed by atoms with Crippen molar-refractivity contribution in [2.45, 2.75) is 0 Å². The van der Waals surface area contributed by atoms with E-state index in [1.807, 2.05) is 10.2 Å². The van der Waals surface area contributed by atoms with Crippen molar-refractivity contribution in [3.8, 4) is 0 Å². The number of aromatic carboxylic acids is 4. The van der Waals surface area contributed by atoms with Gasteiger partial charge in [-0.25, -0.2) is 9.59 Å². The SMILES string of the molecule is O=C(O)c1cc(C(=O)[O-])[nH]n1.O=C(O)c1cc(C(=O)[O-])[nH]n1.[Ni].[OH3+].[OH3+]. The van der Waals surface area contributed by atoms with Crippen LogP contribution in [0, 0.1) is 0 Å². The summed E-state index contributed by atoms with van der Waals surface area (Å²) in [5.41, 5.74) is -1.38. The molecule has 2 aromatic heterocycles. The first-order chi connectivity index (χ1) is 10.2. The molecule has 0 saturated heterocycles. The number of nitrogens with zero attached hydrogens (tertiary/aromatic N) is 2. The fourth-order valence-electron chi connectivity index (χ4n) is 1.07. The number of H-pyrrole nitrogens is 2. The van der Waals surface area contributed by atoms with Crippen LogP contribution in [0.2, 0.25) is 0 Å². The summed E-state index contributed by atoms with van der Waals surface area (Å²) < 4.78 is 0. The Hall–Kier alpha value is -3.29. The molecule has 142 valence electrons. The molecule has 0 fully saturated rings. The molecule has 10 N–H and O–H groups in total. The normalized spacial score (nSPS) is 8.32. The van der Waals surface area contributed by atoms with Gasteiger partial charge in [0, 0.05) is 16.5 Å². The van der Waals surface area contributed by atoms with E-state index in [2.05, 4.69) is 10.2 Å². The molecule has 0 radical (unpaired) electrons. The summed E-state index contributed by atoms with van der Waals surface area (Å²) in [5, 5.41) is 47.1. The number of nitrogens with one attached hydrogen (secondary N) is 2. The molecule has 0 saturated carbocycles. The minimum atomic E-state index is -1.48. The largest absolute Gasteiger partial charge is 0.543 e. The van der Waals surface area contributed by atoms with Crippen LogP contribution in [0.25, 0.3) is 0 Å². The zero-order chi connectivity index (χ0) is 16.9. The predicted octanol–water partition coefficient (Wildman–Crippen LogP) is -4.90. The van der Waals surface area contributed by atoms with Gasteiger partial charge in [0.25, 0.3) is 0 Å². The van der Waals surface area contributed by atoms with Crippen LogP contribution in [0.4, 0.5) is 0 Å². The Bertz CT molecular complexity index is 620. The van der Waals surface area contributed by atoms with E-state index in [0.717, 1.165) is 12.1 Å². The first-order valence-corrected chi connectivity index (χ1v) is 5.22. The Labute approximate surface area is 147 Å². The quantitative estimate of drug-likeness (QED) is 0.277. The Balaban J connectivity index is -0.000000346. The maximum Gasteiger partial charge on any atom is 0.356 e. The minimum Gasteiger partial charge on any atom is -0.543 e. The molecule has 0 aliphatic heterocycles. The zero-order valence-corrected chi connectivity index (χ0v) is 12.9. The molecule has 0 amide bonds. The molecule has 0 aliphatic rings.